The molecule has 6 nitrogen and oxygen atoms in total. The number of ether oxygens (including phenoxy) is 1. The Bertz CT molecular complexity index is 957. The maximum Gasteiger partial charge on any atom is 0.312 e. The van der Waals surface area contributed by atoms with Gasteiger partial charge in [-0.2, -0.15) is 0 Å². The molecule has 33 heavy (non-hydrogen) atoms. The molecule has 5 aliphatic rings. The number of aryl methyl sites for hydroxylation is 2. The number of fused-ring (bicyclic) bond motifs is 1. The number of amides is 2. The van der Waals surface area contributed by atoms with Crippen molar-refractivity contribution in [1.29, 1.82) is 0 Å². The minimum Gasteiger partial charge on any atom is -0.455 e. The monoisotopic (exact) mass is 452 g/mol. The molecule has 0 aliphatic heterocycles. The van der Waals surface area contributed by atoms with E-state index in [9.17, 15) is 14.4 Å². The summed E-state index contributed by atoms with van der Waals surface area (Å²) in [7, 11) is 0. The summed E-state index contributed by atoms with van der Waals surface area (Å²) >= 11 is 0. The first-order valence-electron chi connectivity index (χ1n) is 12.6. The fourth-order valence-electron chi connectivity index (χ4n) is 7.69. The Balaban J connectivity index is 1.19. The quantitative estimate of drug-likeness (QED) is 0.644. The van der Waals surface area contributed by atoms with Crippen molar-refractivity contribution in [3.63, 3.8) is 0 Å². The summed E-state index contributed by atoms with van der Waals surface area (Å²) in [6, 6.07) is 6.36. The second-order valence-electron chi connectivity index (χ2n) is 11.3. The highest BCUT2D eigenvalue weighted by molar-refractivity contribution is 5.84. The van der Waals surface area contributed by atoms with Crippen molar-refractivity contribution in [1.82, 2.24) is 10.6 Å². The van der Waals surface area contributed by atoms with Gasteiger partial charge in [-0.15, -0.1) is 0 Å². The van der Waals surface area contributed by atoms with Crippen LogP contribution in [0.1, 0.15) is 87.9 Å². The van der Waals surface area contributed by atoms with Crippen LogP contribution in [0.25, 0.3) is 0 Å². The second kappa shape index (κ2) is 8.44. The minimum atomic E-state index is -0.559. The van der Waals surface area contributed by atoms with Crippen molar-refractivity contribution in [3.05, 3.63) is 34.9 Å². The summed E-state index contributed by atoms with van der Waals surface area (Å²) in [5, 5.41) is 6.16. The van der Waals surface area contributed by atoms with Crippen molar-refractivity contribution >= 4 is 17.8 Å². The van der Waals surface area contributed by atoms with Crippen LogP contribution >= 0.6 is 0 Å². The Morgan fingerprint density at radius 3 is 2.45 bits per heavy atom. The van der Waals surface area contributed by atoms with Gasteiger partial charge >= 0.3 is 5.97 Å². The first-order chi connectivity index (χ1) is 15.8. The number of hydrogen-bond donors (Lipinski definition) is 2. The Morgan fingerprint density at radius 2 is 1.76 bits per heavy atom. The van der Waals surface area contributed by atoms with E-state index in [-0.39, 0.29) is 36.0 Å². The number of esters is 1. The summed E-state index contributed by atoms with van der Waals surface area (Å²) in [4.78, 5) is 37.7. The SMILES string of the molecule is CC(=O)NC12CC3CC(C1)CC(C(=O)OCC(=O)NC(C)c1ccc4c(c1)CCCC4)(C3)C2. The van der Waals surface area contributed by atoms with Crippen LogP contribution in [-0.2, 0) is 32.0 Å². The predicted molar refractivity (Wildman–Crippen MR) is 124 cm³/mol. The highest BCUT2D eigenvalue weighted by Gasteiger charge is 2.61. The van der Waals surface area contributed by atoms with E-state index in [0.717, 1.165) is 50.5 Å². The van der Waals surface area contributed by atoms with Crippen molar-refractivity contribution in [2.45, 2.75) is 89.6 Å². The van der Waals surface area contributed by atoms with Crippen LogP contribution in [0.5, 0.6) is 0 Å². The van der Waals surface area contributed by atoms with Crippen LogP contribution < -0.4 is 10.6 Å². The molecule has 0 aromatic heterocycles. The van der Waals surface area contributed by atoms with Gasteiger partial charge in [0.15, 0.2) is 6.61 Å². The maximum atomic E-state index is 13.2. The Kier molecular flexibility index (Phi) is 5.74. The van der Waals surface area contributed by atoms with E-state index in [2.05, 4.69) is 28.8 Å². The predicted octanol–water partition coefficient (Wildman–Crippen LogP) is 3.76. The molecule has 1 aromatic carbocycles. The fraction of sp³-hybridized carbons (Fsp3) is 0.667. The Hall–Kier alpha value is -2.37. The van der Waals surface area contributed by atoms with E-state index in [1.54, 1.807) is 6.92 Å². The van der Waals surface area contributed by atoms with Gasteiger partial charge in [-0.25, -0.2) is 0 Å². The van der Waals surface area contributed by atoms with E-state index < -0.39 is 5.41 Å². The summed E-state index contributed by atoms with van der Waals surface area (Å²) in [6.45, 7) is 3.27. The highest BCUT2D eigenvalue weighted by atomic mass is 16.5. The number of carbonyl (C=O) groups is 3. The van der Waals surface area contributed by atoms with E-state index >= 15 is 0 Å². The minimum absolute atomic E-state index is 0.0315. The standard InChI is InChI=1S/C27H36N2O4/c1-17(22-8-7-21-5-3-4-6-23(21)10-22)28-24(31)15-33-25(32)26-11-19-9-20(12-26)14-27(13-19,16-26)29-18(2)30/h7-8,10,17,19-20H,3-6,9,11-16H2,1-2H3,(H,28,31)(H,29,30). The lowest BCUT2D eigenvalue weighted by Gasteiger charge is -2.60. The molecule has 0 heterocycles. The van der Waals surface area contributed by atoms with Crippen molar-refractivity contribution < 1.29 is 19.1 Å². The fourth-order valence-corrected chi connectivity index (χ4v) is 7.69. The smallest absolute Gasteiger partial charge is 0.312 e. The highest BCUT2D eigenvalue weighted by Crippen LogP contribution is 2.62. The lowest BCUT2D eigenvalue weighted by atomic mass is 9.47. The first-order valence-corrected chi connectivity index (χ1v) is 12.6. The Labute approximate surface area is 196 Å². The molecule has 0 saturated heterocycles. The molecule has 0 radical (unpaired) electrons. The van der Waals surface area contributed by atoms with Crippen molar-refractivity contribution in [2.24, 2.45) is 17.3 Å². The third kappa shape index (κ3) is 4.41. The van der Waals surface area contributed by atoms with Gasteiger partial charge in [0.25, 0.3) is 5.91 Å². The third-order valence-electron chi connectivity index (χ3n) is 8.52. The van der Waals surface area contributed by atoms with Gasteiger partial charge in [-0.05, 0) is 99.7 Å². The topological polar surface area (TPSA) is 84.5 Å². The van der Waals surface area contributed by atoms with E-state index in [0.29, 0.717) is 18.3 Å². The van der Waals surface area contributed by atoms with Crippen LogP contribution in [0, 0.1) is 17.3 Å². The molecule has 4 saturated carbocycles. The number of benzene rings is 1. The summed E-state index contributed by atoms with van der Waals surface area (Å²) < 4.78 is 5.60. The molecular formula is C27H36N2O4. The zero-order valence-corrected chi connectivity index (χ0v) is 19.9. The number of rotatable bonds is 6. The molecule has 178 valence electrons. The van der Waals surface area contributed by atoms with Crippen LogP contribution in [0.4, 0.5) is 0 Å². The van der Waals surface area contributed by atoms with Gasteiger partial charge in [0, 0.05) is 12.5 Å². The van der Waals surface area contributed by atoms with Crippen molar-refractivity contribution in [2.75, 3.05) is 6.61 Å². The van der Waals surface area contributed by atoms with Crippen molar-refractivity contribution in [3.8, 4) is 0 Å². The molecule has 1 aromatic rings. The molecule has 2 amide bonds. The Morgan fingerprint density at radius 1 is 1.06 bits per heavy atom. The molecule has 4 bridgehead atoms. The normalized spacial score (nSPS) is 32.5. The lowest BCUT2D eigenvalue weighted by molar-refractivity contribution is -0.177. The summed E-state index contributed by atoms with van der Waals surface area (Å²) in [5.41, 5.74) is 3.06. The third-order valence-corrected chi connectivity index (χ3v) is 8.52. The van der Waals surface area contributed by atoms with E-state index in [1.165, 1.54) is 24.0 Å². The van der Waals surface area contributed by atoms with Gasteiger partial charge in [0.2, 0.25) is 5.91 Å². The zero-order chi connectivity index (χ0) is 23.2. The average molecular weight is 453 g/mol. The van der Waals surface area contributed by atoms with Crippen LogP contribution in [0.3, 0.4) is 0 Å². The molecule has 5 aliphatic carbocycles. The van der Waals surface area contributed by atoms with Gasteiger partial charge < -0.3 is 15.4 Å². The van der Waals surface area contributed by atoms with E-state index in [4.69, 9.17) is 4.74 Å². The molecule has 6 rings (SSSR count). The van der Waals surface area contributed by atoms with Crippen LogP contribution in [-0.4, -0.2) is 29.9 Å². The molecule has 6 heteroatoms. The molecule has 0 spiro atoms. The molecule has 4 fully saturated rings. The van der Waals surface area contributed by atoms with Gasteiger partial charge in [0.05, 0.1) is 11.5 Å². The van der Waals surface area contributed by atoms with Gasteiger partial charge in [-0.3, -0.25) is 14.4 Å². The molecule has 2 N–H and O–H groups in total. The number of nitrogens with one attached hydrogen (secondary N) is 2. The second-order valence-corrected chi connectivity index (χ2v) is 11.3. The maximum absolute atomic E-state index is 13.2. The van der Waals surface area contributed by atoms with E-state index in [1.807, 2.05) is 6.92 Å². The van der Waals surface area contributed by atoms with Gasteiger partial charge in [-0.1, -0.05) is 18.2 Å². The average Bonchev–Trinajstić information content (AvgIpc) is 2.75. The molecule has 3 atom stereocenters. The molecular weight excluding hydrogens is 416 g/mol. The lowest BCUT2D eigenvalue weighted by Crippen LogP contribution is -2.64. The summed E-state index contributed by atoms with van der Waals surface area (Å²) in [5.74, 6) is 0.334. The molecule has 3 unspecified atom stereocenters. The van der Waals surface area contributed by atoms with Crippen LogP contribution in [0.15, 0.2) is 18.2 Å². The first kappa shape index (κ1) is 22.4. The zero-order valence-electron chi connectivity index (χ0n) is 19.9. The number of carbonyl (C=O) groups excluding carboxylic acids is 3. The number of hydrogen-bond acceptors (Lipinski definition) is 4. The summed E-state index contributed by atoms with van der Waals surface area (Å²) in [6.07, 6.45) is 10.0. The van der Waals surface area contributed by atoms with Crippen LogP contribution in [0.2, 0.25) is 0 Å². The van der Waals surface area contributed by atoms with Gasteiger partial charge in [0.1, 0.15) is 0 Å². The largest absolute Gasteiger partial charge is 0.455 e.